The average Bonchev–Trinajstić information content (AvgIpc) is 2.96. The normalized spacial score (nSPS) is 12.6. The van der Waals surface area contributed by atoms with Gasteiger partial charge >= 0.3 is 6.18 Å². The molecule has 5 nitrogen and oxygen atoms in total. The molecule has 26 heavy (non-hydrogen) atoms. The molecule has 0 spiro atoms. The molecule has 0 radical (unpaired) electrons. The van der Waals surface area contributed by atoms with E-state index in [1.54, 1.807) is 0 Å². The number of rotatable bonds is 4. The Bertz CT molecular complexity index is 947. The van der Waals surface area contributed by atoms with Crippen LogP contribution in [0.4, 0.5) is 26.3 Å². The fraction of sp³-hybridized carbons (Fsp3) is 0.267. The molecule has 0 amide bonds. The average molecular weight is 376 g/mol. The summed E-state index contributed by atoms with van der Waals surface area (Å²) >= 11 is 0. The first-order valence-electron chi connectivity index (χ1n) is 7.11. The van der Waals surface area contributed by atoms with Gasteiger partial charge in [0, 0.05) is 24.9 Å². The van der Waals surface area contributed by atoms with Crippen LogP contribution >= 0.6 is 0 Å². The van der Waals surface area contributed by atoms with Crippen molar-refractivity contribution in [2.24, 2.45) is 0 Å². The van der Waals surface area contributed by atoms with E-state index < -0.39 is 36.1 Å². The second-order valence-corrected chi connectivity index (χ2v) is 5.45. The molecule has 138 valence electrons. The first-order chi connectivity index (χ1) is 12.0. The van der Waals surface area contributed by atoms with Crippen molar-refractivity contribution < 1.29 is 31.1 Å². The summed E-state index contributed by atoms with van der Waals surface area (Å²) in [5.41, 5.74) is -0.0869. The van der Waals surface area contributed by atoms with Crippen molar-refractivity contribution >= 4 is 5.65 Å². The van der Waals surface area contributed by atoms with Gasteiger partial charge in [0.25, 0.3) is 11.8 Å². The van der Waals surface area contributed by atoms with Crippen LogP contribution in [0.5, 0.6) is 5.88 Å². The number of fused-ring (bicyclic) bond motifs is 1. The van der Waals surface area contributed by atoms with Gasteiger partial charge in [-0.25, -0.2) is 14.4 Å². The zero-order valence-corrected chi connectivity index (χ0v) is 13.1. The summed E-state index contributed by atoms with van der Waals surface area (Å²) in [4.78, 5) is 11.3. The van der Waals surface area contributed by atoms with Crippen molar-refractivity contribution in [1.82, 2.24) is 19.4 Å². The standard InChI is InChI=1S/C15H10F6N4O/c1-14(17,18)11-4-23-12-5-22-10(6-25(11)12)8-2-9(16)13(24-3-8)26-7-15(19,20)21/h2-6H,7H2,1H3. The molecule has 0 aliphatic rings. The highest BCUT2D eigenvalue weighted by molar-refractivity contribution is 5.59. The Morgan fingerprint density at radius 1 is 1.04 bits per heavy atom. The zero-order valence-electron chi connectivity index (χ0n) is 13.1. The van der Waals surface area contributed by atoms with E-state index in [9.17, 15) is 26.3 Å². The van der Waals surface area contributed by atoms with E-state index in [1.165, 1.54) is 12.4 Å². The molecule has 0 aliphatic carbocycles. The maximum absolute atomic E-state index is 13.9. The van der Waals surface area contributed by atoms with Crippen molar-refractivity contribution in [3.05, 3.63) is 42.4 Å². The Morgan fingerprint density at radius 3 is 2.38 bits per heavy atom. The Labute approximate surface area is 142 Å². The maximum Gasteiger partial charge on any atom is 0.422 e. The van der Waals surface area contributed by atoms with Gasteiger partial charge in [0.15, 0.2) is 18.1 Å². The largest absolute Gasteiger partial charge is 0.466 e. The molecule has 0 aliphatic heterocycles. The van der Waals surface area contributed by atoms with E-state index >= 15 is 0 Å². The van der Waals surface area contributed by atoms with Crippen molar-refractivity contribution in [2.45, 2.75) is 19.0 Å². The van der Waals surface area contributed by atoms with E-state index in [4.69, 9.17) is 0 Å². The molecule has 3 rings (SSSR count). The first kappa shape index (κ1) is 18.0. The highest BCUT2D eigenvalue weighted by Crippen LogP contribution is 2.29. The lowest BCUT2D eigenvalue weighted by Gasteiger charge is -2.11. The van der Waals surface area contributed by atoms with E-state index in [-0.39, 0.29) is 16.9 Å². The minimum Gasteiger partial charge on any atom is -0.466 e. The molecule has 0 N–H and O–H groups in total. The van der Waals surface area contributed by atoms with Gasteiger partial charge in [-0.05, 0) is 6.07 Å². The van der Waals surface area contributed by atoms with Crippen LogP contribution in [-0.2, 0) is 5.92 Å². The smallest absolute Gasteiger partial charge is 0.422 e. The molecular formula is C15H10F6N4O. The third kappa shape index (κ3) is 3.70. The van der Waals surface area contributed by atoms with E-state index in [0.29, 0.717) is 6.92 Å². The van der Waals surface area contributed by atoms with Gasteiger partial charge in [-0.15, -0.1) is 0 Å². The first-order valence-corrected chi connectivity index (χ1v) is 7.11. The lowest BCUT2D eigenvalue weighted by atomic mass is 10.2. The van der Waals surface area contributed by atoms with Gasteiger partial charge in [-0.1, -0.05) is 0 Å². The molecule has 0 aromatic carbocycles. The van der Waals surface area contributed by atoms with Crippen molar-refractivity contribution in [1.29, 1.82) is 0 Å². The minimum absolute atomic E-state index is 0.0721. The minimum atomic E-state index is -4.64. The number of alkyl halides is 5. The molecule has 3 aromatic heterocycles. The number of aromatic nitrogens is 4. The molecular weight excluding hydrogens is 366 g/mol. The van der Waals surface area contributed by atoms with Gasteiger partial charge in [-0.2, -0.15) is 22.0 Å². The monoisotopic (exact) mass is 376 g/mol. The molecule has 0 saturated heterocycles. The van der Waals surface area contributed by atoms with E-state index in [1.807, 2.05) is 0 Å². The summed E-state index contributed by atoms with van der Waals surface area (Å²) in [6.07, 6.45) is -0.196. The molecule has 11 heteroatoms. The van der Waals surface area contributed by atoms with Crippen molar-refractivity contribution in [3.63, 3.8) is 0 Å². The number of imidazole rings is 1. The van der Waals surface area contributed by atoms with E-state index in [0.717, 1.165) is 22.9 Å². The van der Waals surface area contributed by atoms with Crippen LogP contribution in [-0.4, -0.2) is 32.1 Å². The fourth-order valence-corrected chi connectivity index (χ4v) is 2.18. The van der Waals surface area contributed by atoms with Gasteiger partial charge in [-0.3, -0.25) is 9.38 Å². The van der Waals surface area contributed by atoms with Crippen LogP contribution in [0.2, 0.25) is 0 Å². The van der Waals surface area contributed by atoms with E-state index in [2.05, 4.69) is 19.7 Å². The molecule has 3 aromatic rings. The quantitative estimate of drug-likeness (QED) is 0.647. The van der Waals surface area contributed by atoms with Gasteiger partial charge in [0.05, 0.1) is 18.1 Å². The number of halogens is 6. The lowest BCUT2D eigenvalue weighted by molar-refractivity contribution is -0.154. The van der Waals surface area contributed by atoms with Crippen LogP contribution in [0.3, 0.4) is 0 Å². The van der Waals surface area contributed by atoms with Crippen LogP contribution in [0.25, 0.3) is 16.9 Å². The summed E-state index contributed by atoms with van der Waals surface area (Å²) in [6, 6.07) is 0.855. The molecule has 0 fully saturated rings. The predicted octanol–water partition coefficient (Wildman–Crippen LogP) is 3.98. The highest BCUT2D eigenvalue weighted by atomic mass is 19.4. The number of nitrogens with zero attached hydrogens (tertiary/aromatic N) is 4. The second kappa shape index (κ2) is 6.15. The molecule has 3 heterocycles. The number of ether oxygens (including phenoxy) is 1. The SMILES string of the molecule is CC(F)(F)c1cnc2cnc(-c3cnc(OCC(F)(F)F)c(F)c3)cn12. The van der Waals surface area contributed by atoms with Crippen LogP contribution in [0, 0.1) is 5.82 Å². The maximum atomic E-state index is 13.9. The van der Waals surface area contributed by atoms with Gasteiger partial charge in [0.2, 0.25) is 0 Å². The lowest BCUT2D eigenvalue weighted by Crippen LogP contribution is -2.20. The third-order valence-electron chi connectivity index (χ3n) is 3.32. The molecule has 0 unspecified atom stereocenters. The summed E-state index contributed by atoms with van der Waals surface area (Å²) in [6.45, 7) is -0.991. The fourth-order valence-electron chi connectivity index (χ4n) is 2.18. The van der Waals surface area contributed by atoms with Crippen LogP contribution in [0.15, 0.2) is 30.9 Å². The molecule has 0 bridgehead atoms. The zero-order chi connectivity index (χ0) is 19.1. The summed E-state index contributed by atoms with van der Waals surface area (Å²) in [5.74, 6) is -5.13. The highest BCUT2D eigenvalue weighted by Gasteiger charge is 2.30. The van der Waals surface area contributed by atoms with Crippen LogP contribution < -0.4 is 4.74 Å². The summed E-state index contributed by atoms with van der Waals surface area (Å²) < 4.78 is 82.8. The second-order valence-electron chi connectivity index (χ2n) is 5.45. The molecule has 0 saturated carbocycles. The Balaban J connectivity index is 1.95. The topological polar surface area (TPSA) is 52.3 Å². The Hall–Kier alpha value is -2.85. The number of hydrogen-bond donors (Lipinski definition) is 0. The van der Waals surface area contributed by atoms with Crippen LogP contribution in [0.1, 0.15) is 12.6 Å². The van der Waals surface area contributed by atoms with Gasteiger partial charge in [0.1, 0.15) is 5.69 Å². The third-order valence-corrected chi connectivity index (χ3v) is 3.32. The molecule has 0 atom stereocenters. The summed E-state index contributed by atoms with van der Waals surface area (Å²) in [7, 11) is 0. The number of hydrogen-bond acceptors (Lipinski definition) is 4. The van der Waals surface area contributed by atoms with Crippen molar-refractivity contribution in [2.75, 3.05) is 6.61 Å². The summed E-state index contributed by atoms with van der Waals surface area (Å²) in [5, 5.41) is 0. The Kier molecular flexibility index (Phi) is 4.24. The Morgan fingerprint density at radius 2 is 1.77 bits per heavy atom. The van der Waals surface area contributed by atoms with Gasteiger partial charge < -0.3 is 4.74 Å². The predicted molar refractivity (Wildman–Crippen MR) is 77.3 cm³/mol. The van der Waals surface area contributed by atoms with Crippen molar-refractivity contribution in [3.8, 4) is 17.1 Å². The number of pyridine rings is 1.